The van der Waals surface area contributed by atoms with E-state index in [1.807, 2.05) is 47.4 Å². The smallest absolute Gasteiger partial charge is 0.254 e. The average Bonchev–Trinajstić information content (AvgIpc) is 3.18. The summed E-state index contributed by atoms with van der Waals surface area (Å²) in [7, 11) is 0. The second kappa shape index (κ2) is 6.84. The number of aromatic nitrogens is 2. The van der Waals surface area contributed by atoms with Crippen LogP contribution < -0.4 is 0 Å². The van der Waals surface area contributed by atoms with Crippen molar-refractivity contribution in [2.45, 2.75) is 19.4 Å². The first-order chi connectivity index (χ1) is 12.6. The maximum Gasteiger partial charge on any atom is 0.254 e. The van der Waals surface area contributed by atoms with Crippen molar-refractivity contribution in [3.8, 4) is 11.3 Å². The van der Waals surface area contributed by atoms with Gasteiger partial charge in [-0.15, -0.1) is 0 Å². The largest absolute Gasteiger partial charge is 0.393 e. The molecule has 1 saturated heterocycles. The molecule has 2 aromatic heterocycles. The normalized spacial score (nSPS) is 18.2. The maximum absolute atomic E-state index is 13.2. The Kier molecular flexibility index (Phi) is 4.39. The van der Waals surface area contributed by atoms with E-state index >= 15 is 0 Å². The molecular formula is C21H21N3O2. The number of aliphatic hydroxyl groups excluding tert-OH is 1. The Bertz CT molecular complexity index is 940. The first kappa shape index (κ1) is 16.7. The van der Waals surface area contributed by atoms with Gasteiger partial charge in [0, 0.05) is 42.4 Å². The third kappa shape index (κ3) is 3.06. The molecule has 5 heteroatoms. The van der Waals surface area contributed by atoms with Crippen molar-refractivity contribution in [3.63, 3.8) is 0 Å². The van der Waals surface area contributed by atoms with Crippen LogP contribution in [0.4, 0.5) is 0 Å². The molecule has 0 bridgehead atoms. The zero-order chi connectivity index (χ0) is 18.1. The third-order valence-electron chi connectivity index (χ3n) is 5.10. The molecule has 1 aliphatic heterocycles. The fourth-order valence-electron chi connectivity index (χ4n) is 3.55. The third-order valence-corrected chi connectivity index (χ3v) is 5.10. The minimum Gasteiger partial charge on any atom is -0.393 e. The molecular weight excluding hydrogens is 326 g/mol. The molecule has 3 aromatic rings. The minimum atomic E-state index is -0.395. The number of likely N-dealkylation sites (tertiary alicyclic amines) is 1. The lowest BCUT2D eigenvalue weighted by atomic mass is 10.0. The van der Waals surface area contributed by atoms with E-state index in [1.165, 1.54) is 0 Å². The Morgan fingerprint density at radius 3 is 2.85 bits per heavy atom. The molecule has 1 amide bonds. The summed E-state index contributed by atoms with van der Waals surface area (Å²) < 4.78 is 0. The number of amides is 1. The van der Waals surface area contributed by atoms with Gasteiger partial charge >= 0.3 is 0 Å². The Morgan fingerprint density at radius 2 is 2.12 bits per heavy atom. The van der Waals surface area contributed by atoms with Crippen LogP contribution in [0.3, 0.4) is 0 Å². The van der Waals surface area contributed by atoms with Gasteiger partial charge in [0.05, 0.1) is 22.9 Å². The van der Waals surface area contributed by atoms with E-state index in [9.17, 15) is 9.90 Å². The number of benzene rings is 1. The van der Waals surface area contributed by atoms with E-state index in [4.69, 9.17) is 4.98 Å². The van der Waals surface area contributed by atoms with E-state index in [2.05, 4.69) is 4.98 Å². The van der Waals surface area contributed by atoms with Crippen LogP contribution in [0, 0.1) is 5.92 Å². The molecule has 0 spiro atoms. The monoisotopic (exact) mass is 347 g/mol. The molecule has 26 heavy (non-hydrogen) atoms. The lowest BCUT2D eigenvalue weighted by Gasteiger charge is -2.19. The van der Waals surface area contributed by atoms with Crippen LogP contribution in [0.2, 0.25) is 0 Å². The summed E-state index contributed by atoms with van der Waals surface area (Å²) in [5, 5.41) is 10.7. The zero-order valence-electron chi connectivity index (χ0n) is 14.7. The second-order valence-corrected chi connectivity index (χ2v) is 6.85. The summed E-state index contributed by atoms with van der Waals surface area (Å²) >= 11 is 0. The molecule has 1 aliphatic rings. The molecule has 132 valence electrons. The number of carbonyl (C=O) groups excluding carboxylic acids is 1. The van der Waals surface area contributed by atoms with Crippen LogP contribution in [0.1, 0.15) is 23.7 Å². The quantitative estimate of drug-likeness (QED) is 0.790. The Morgan fingerprint density at radius 1 is 1.27 bits per heavy atom. The van der Waals surface area contributed by atoms with Gasteiger partial charge in [-0.3, -0.25) is 9.78 Å². The fraction of sp³-hybridized carbons (Fsp3) is 0.286. The number of fused-ring (bicyclic) bond motifs is 1. The lowest BCUT2D eigenvalue weighted by Crippen LogP contribution is -2.30. The summed E-state index contributed by atoms with van der Waals surface area (Å²) in [5.41, 5.74) is 3.08. The second-order valence-electron chi connectivity index (χ2n) is 6.85. The van der Waals surface area contributed by atoms with E-state index in [1.54, 1.807) is 19.3 Å². The first-order valence-corrected chi connectivity index (χ1v) is 8.91. The standard InChI is InChI=1S/C21H21N3O2/c1-14(25)16-8-10-24(13-16)21(26)18-11-20(15-5-4-9-22-12-15)23-19-7-3-2-6-17(18)19/h2-7,9,11-12,14,16,25H,8,10,13H2,1H3. The SMILES string of the molecule is CC(O)C1CCN(C(=O)c2cc(-c3cccnc3)nc3ccccc23)C1. The van der Waals surface area contributed by atoms with Crippen LogP contribution >= 0.6 is 0 Å². The molecule has 4 rings (SSSR count). The number of rotatable bonds is 3. The van der Waals surface area contributed by atoms with Crippen molar-refractivity contribution < 1.29 is 9.90 Å². The zero-order valence-corrected chi connectivity index (χ0v) is 14.7. The molecule has 0 radical (unpaired) electrons. The molecule has 1 N–H and O–H groups in total. The fourth-order valence-corrected chi connectivity index (χ4v) is 3.55. The van der Waals surface area contributed by atoms with E-state index in [-0.39, 0.29) is 11.8 Å². The summed E-state index contributed by atoms with van der Waals surface area (Å²) in [5.74, 6) is 0.140. The Balaban J connectivity index is 1.77. The number of para-hydroxylation sites is 1. The van der Waals surface area contributed by atoms with E-state index < -0.39 is 6.10 Å². The molecule has 1 aromatic carbocycles. The van der Waals surface area contributed by atoms with E-state index in [0.29, 0.717) is 18.7 Å². The Hall–Kier alpha value is -2.79. The molecule has 0 aliphatic carbocycles. The number of aliphatic hydroxyl groups is 1. The van der Waals surface area contributed by atoms with Crippen LogP contribution in [0.15, 0.2) is 54.9 Å². The molecule has 2 unspecified atom stereocenters. The van der Waals surface area contributed by atoms with Gasteiger partial charge in [0.15, 0.2) is 0 Å². The predicted octanol–water partition coefficient (Wildman–Crippen LogP) is 3.14. The summed E-state index contributed by atoms with van der Waals surface area (Å²) in [4.78, 5) is 23.9. The van der Waals surface area contributed by atoms with Crippen LogP contribution in [0.25, 0.3) is 22.2 Å². The number of hydrogen-bond acceptors (Lipinski definition) is 4. The van der Waals surface area contributed by atoms with Crippen molar-refractivity contribution in [2.75, 3.05) is 13.1 Å². The predicted molar refractivity (Wildman–Crippen MR) is 101 cm³/mol. The average molecular weight is 347 g/mol. The molecule has 0 saturated carbocycles. The van der Waals surface area contributed by atoms with Crippen LogP contribution in [-0.4, -0.2) is 45.1 Å². The van der Waals surface area contributed by atoms with Gasteiger partial charge in [0.1, 0.15) is 0 Å². The van der Waals surface area contributed by atoms with Crippen LogP contribution in [-0.2, 0) is 0 Å². The topological polar surface area (TPSA) is 66.3 Å². The molecule has 1 fully saturated rings. The van der Waals surface area contributed by atoms with Crippen molar-refractivity contribution in [2.24, 2.45) is 5.92 Å². The molecule has 3 heterocycles. The molecule has 5 nitrogen and oxygen atoms in total. The maximum atomic E-state index is 13.2. The summed E-state index contributed by atoms with van der Waals surface area (Å²) in [6.07, 6.45) is 3.91. The summed E-state index contributed by atoms with van der Waals surface area (Å²) in [6, 6.07) is 13.4. The van der Waals surface area contributed by atoms with Crippen LogP contribution in [0.5, 0.6) is 0 Å². The van der Waals surface area contributed by atoms with Gasteiger partial charge in [0.25, 0.3) is 5.91 Å². The first-order valence-electron chi connectivity index (χ1n) is 8.91. The number of pyridine rings is 2. The number of hydrogen-bond donors (Lipinski definition) is 1. The van der Waals surface area contributed by atoms with E-state index in [0.717, 1.165) is 28.6 Å². The highest BCUT2D eigenvalue weighted by molar-refractivity contribution is 6.07. The minimum absolute atomic E-state index is 0.00288. The van der Waals surface area contributed by atoms with Crippen molar-refractivity contribution in [3.05, 3.63) is 60.4 Å². The lowest BCUT2D eigenvalue weighted by molar-refractivity contribution is 0.0764. The van der Waals surface area contributed by atoms with Gasteiger partial charge in [-0.2, -0.15) is 0 Å². The summed E-state index contributed by atoms with van der Waals surface area (Å²) in [6.45, 7) is 3.06. The Labute approximate surface area is 152 Å². The van der Waals surface area contributed by atoms with Gasteiger partial charge in [-0.25, -0.2) is 4.98 Å². The van der Waals surface area contributed by atoms with Gasteiger partial charge in [-0.1, -0.05) is 18.2 Å². The molecule has 2 atom stereocenters. The van der Waals surface area contributed by atoms with Crippen molar-refractivity contribution >= 4 is 16.8 Å². The highest BCUT2D eigenvalue weighted by Gasteiger charge is 2.30. The highest BCUT2D eigenvalue weighted by atomic mass is 16.3. The van der Waals surface area contributed by atoms with Gasteiger partial charge < -0.3 is 10.0 Å². The highest BCUT2D eigenvalue weighted by Crippen LogP contribution is 2.28. The van der Waals surface area contributed by atoms with Gasteiger partial charge in [0.2, 0.25) is 0 Å². The number of carbonyl (C=O) groups is 1. The number of nitrogens with zero attached hydrogens (tertiary/aromatic N) is 3. The van der Waals surface area contributed by atoms with Gasteiger partial charge in [-0.05, 0) is 37.6 Å². The van der Waals surface area contributed by atoms with Crippen molar-refractivity contribution in [1.29, 1.82) is 0 Å². The van der Waals surface area contributed by atoms with Crippen molar-refractivity contribution in [1.82, 2.24) is 14.9 Å².